The normalized spacial score (nSPS) is 24.7. The van der Waals surface area contributed by atoms with E-state index < -0.39 is 59.9 Å². The van der Waals surface area contributed by atoms with Crippen molar-refractivity contribution in [3.63, 3.8) is 0 Å². The molecule has 2 aromatic rings. The molecule has 33 heavy (non-hydrogen) atoms. The van der Waals surface area contributed by atoms with Crippen LogP contribution in [0.25, 0.3) is 0 Å². The summed E-state index contributed by atoms with van der Waals surface area (Å²) in [4.78, 5) is 37.0. The smallest absolute Gasteiger partial charge is 0.343 e. The zero-order valence-corrected chi connectivity index (χ0v) is 17.6. The number of hydrogen-bond acceptors (Lipinski definition) is 10. The van der Waals surface area contributed by atoms with Gasteiger partial charge in [-0.3, -0.25) is 9.59 Å². The minimum absolute atomic E-state index is 0.0381. The number of aliphatic hydroxyl groups excluding tert-OH is 4. The van der Waals surface area contributed by atoms with Crippen molar-refractivity contribution in [3.05, 3.63) is 53.1 Å². The molecular formula is C22H23NO10. The van der Waals surface area contributed by atoms with Crippen LogP contribution in [0.15, 0.2) is 36.4 Å². The number of aliphatic hydroxyl groups is 4. The highest BCUT2D eigenvalue weighted by atomic mass is 16.7. The molecule has 1 fully saturated rings. The van der Waals surface area contributed by atoms with Gasteiger partial charge in [-0.05, 0) is 19.1 Å². The number of benzene rings is 2. The van der Waals surface area contributed by atoms with Gasteiger partial charge in [-0.15, -0.1) is 0 Å². The topological polar surface area (TPSA) is 183 Å². The van der Waals surface area contributed by atoms with Crippen LogP contribution < -0.4 is 10.1 Å². The van der Waals surface area contributed by atoms with Gasteiger partial charge in [0.2, 0.25) is 5.91 Å². The second-order valence-electron chi connectivity index (χ2n) is 7.59. The molecule has 6 N–H and O–H groups in total. The maximum absolute atomic E-state index is 12.9. The maximum Gasteiger partial charge on any atom is 0.343 e. The lowest BCUT2D eigenvalue weighted by Crippen LogP contribution is -2.60. The molecule has 1 heterocycles. The summed E-state index contributed by atoms with van der Waals surface area (Å²) in [6.07, 6.45) is -9.63. The number of carbonyl (C=O) groups is 3. The second kappa shape index (κ2) is 9.65. The Hall–Kier alpha value is -3.35. The molecule has 0 spiro atoms. The molecule has 1 amide bonds. The summed E-state index contributed by atoms with van der Waals surface area (Å²) in [6, 6.07) is 8.85. The number of esters is 1. The highest BCUT2D eigenvalue weighted by molar-refractivity contribution is 6.10. The van der Waals surface area contributed by atoms with Crippen molar-refractivity contribution in [3.8, 4) is 11.5 Å². The number of aromatic hydroxyl groups is 1. The number of amides is 1. The van der Waals surface area contributed by atoms with Crippen LogP contribution in [0.4, 0.5) is 5.69 Å². The Morgan fingerprint density at radius 1 is 0.939 bits per heavy atom. The Morgan fingerprint density at radius 3 is 2.18 bits per heavy atom. The molecule has 0 bridgehead atoms. The van der Waals surface area contributed by atoms with Gasteiger partial charge in [-0.25, -0.2) is 4.79 Å². The Labute approximate surface area is 187 Å². The predicted octanol–water partition coefficient (Wildman–Crippen LogP) is -0.405. The molecule has 5 unspecified atom stereocenters. The van der Waals surface area contributed by atoms with E-state index in [-0.39, 0.29) is 11.3 Å². The summed E-state index contributed by atoms with van der Waals surface area (Å²) in [7, 11) is 0. The molecular weight excluding hydrogens is 438 g/mol. The third-order valence-electron chi connectivity index (χ3n) is 4.99. The third-order valence-corrected chi connectivity index (χ3v) is 4.99. The number of ketones is 1. The van der Waals surface area contributed by atoms with Gasteiger partial charge in [0.15, 0.2) is 29.7 Å². The van der Waals surface area contributed by atoms with Crippen molar-refractivity contribution in [2.45, 2.75) is 44.6 Å². The van der Waals surface area contributed by atoms with Gasteiger partial charge >= 0.3 is 5.97 Å². The molecule has 0 radical (unpaired) electrons. The third kappa shape index (κ3) is 5.18. The summed E-state index contributed by atoms with van der Waals surface area (Å²) >= 11 is 0. The number of rotatable bonds is 5. The van der Waals surface area contributed by atoms with Crippen molar-refractivity contribution >= 4 is 23.3 Å². The van der Waals surface area contributed by atoms with E-state index in [0.29, 0.717) is 5.56 Å². The van der Waals surface area contributed by atoms with E-state index in [1.165, 1.54) is 13.0 Å². The van der Waals surface area contributed by atoms with Crippen LogP contribution in [0.3, 0.4) is 0 Å². The molecule has 1 aliphatic rings. The number of aryl methyl sites for hydroxylation is 1. The SMILES string of the molecule is CC(=O)Nc1cc(C(=O)c2ccc(C)cc2)cc(OC(=O)C2OC(O)C(O)C(O)C2O)c1O. The van der Waals surface area contributed by atoms with E-state index >= 15 is 0 Å². The highest BCUT2D eigenvalue weighted by Gasteiger charge is 2.47. The van der Waals surface area contributed by atoms with Gasteiger partial charge in [-0.2, -0.15) is 0 Å². The number of hydrogen-bond donors (Lipinski definition) is 6. The fraction of sp³-hybridized carbons (Fsp3) is 0.318. The maximum atomic E-state index is 12.9. The summed E-state index contributed by atoms with van der Waals surface area (Å²) in [5.74, 6) is -3.65. The molecule has 176 valence electrons. The van der Waals surface area contributed by atoms with Crippen molar-refractivity contribution in [1.29, 1.82) is 0 Å². The van der Waals surface area contributed by atoms with Crippen LogP contribution in [0.5, 0.6) is 11.5 Å². The summed E-state index contributed by atoms with van der Waals surface area (Å²) in [5, 5.41) is 51.7. The minimum atomic E-state index is -1.99. The van der Waals surface area contributed by atoms with Gasteiger partial charge in [-0.1, -0.05) is 29.8 Å². The van der Waals surface area contributed by atoms with Gasteiger partial charge in [0.1, 0.15) is 18.3 Å². The number of phenols is 1. The van der Waals surface area contributed by atoms with E-state index in [0.717, 1.165) is 11.6 Å². The first-order valence-electron chi connectivity index (χ1n) is 9.85. The van der Waals surface area contributed by atoms with E-state index in [4.69, 9.17) is 9.47 Å². The van der Waals surface area contributed by atoms with Crippen molar-refractivity contribution in [2.75, 3.05) is 5.32 Å². The van der Waals surface area contributed by atoms with Gasteiger partial charge in [0, 0.05) is 18.1 Å². The molecule has 0 saturated carbocycles. The molecule has 1 aliphatic heterocycles. The molecule has 0 aromatic heterocycles. The van der Waals surface area contributed by atoms with Crippen LogP contribution in [0.1, 0.15) is 28.4 Å². The Balaban J connectivity index is 1.95. The number of carbonyl (C=O) groups excluding carboxylic acids is 3. The molecule has 1 saturated heterocycles. The average Bonchev–Trinajstić information content (AvgIpc) is 2.77. The Kier molecular flexibility index (Phi) is 7.10. The first kappa shape index (κ1) is 24.3. The lowest BCUT2D eigenvalue weighted by Gasteiger charge is -2.36. The largest absolute Gasteiger partial charge is 0.503 e. The molecule has 3 rings (SSSR count). The van der Waals surface area contributed by atoms with E-state index in [1.807, 2.05) is 6.92 Å². The molecule has 11 heteroatoms. The Morgan fingerprint density at radius 2 is 1.58 bits per heavy atom. The van der Waals surface area contributed by atoms with Crippen LogP contribution in [-0.4, -0.2) is 73.9 Å². The van der Waals surface area contributed by atoms with Gasteiger partial charge in [0.05, 0.1) is 5.69 Å². The zero-order chi connectivity index (χ0) is 24.4. The summed E-state index contributed by atoms with van der Waals surface area (Å²) in [6.45, 7) is 3.01. The molecule has 0 aliphatic carbocycles. The lowest BCUT2D eigenvalue weighted by molar-refractivity contribution is -0.279. The number of anilines is 1. The van der Waals surface area contributed by atoms with Crippen molar-refractivity contribution < 1.29 is 49.4 Å². The zero-order valence-electron chi connectivity index (χ0n) is 17.6. The standard InChI is InChI=1S/C22H23NO10/c1-9-3-5-11(6-4-9)15(25)12-7-13(23-10(2)24)16(26)14(8-12)32-22(31)20-18(28)17(27)19(29)21(30)33-20/h3-8,17-21,26-30H,1-2H3,(H,23,24). The van der Waals surface area contributed by atoms with Crippen LogP contribution in [0.2, 0.25) is 0 Å². The number of phenolic OH excluding ortho intramolecular Hbond substituents is 1. The lowest BCUT2D eigenvalue weighted by atomic mass is 9.99. The Bertz CT molecular complexity index is 1070. The minimum Gasteiger partial charge on any atom is -0.503 e. The van der Waals surface area contributed by atoms with E-state index in [9.17, 15) is 39.9 Å². The number of nitrogens with one attached hydrogen (secondary N) is 1. The quantitative estimate of drug-likeness (QED) is 0.148. The first-order valence-corrected chi connectivity index (χ1v) is 9.85. The molecule has 2 aromatic carbocycles. The first-order chi connectivity index (χ1) is 15.5. The van der Waals surface area contributed by atoms with E-state index in [1.54, 1.807) is 24.3 Å². The fourth-order valence-electron chi connectivity index (χ4n) is 3.20. The predicted molar refractivity (Wildman–Crippen MR) is 112 cm³/mol. The van der Waals surface area contributed by atoms with Crippen molar-refractivity contribution in [2.24, 2.45) is 0 Å². The average molecular weight is 461 g/mol. The van der Waals surface area contributed by atoms with Crippen LogP contribution in [0, 0.1) is 6.92 Å². The monoisotopic (exact) mass is 461 g/mol. The summed E-state index contributed by atoms with van der Waals surface area (Å²) < 4.78 is 9.88. The highest BCUT2D eigenvalue weighted by Crippen LogP contribution is 2.37. The van der Waals surface area contributed by atoms with Gasteiger partial charge in [0.25, 0.3) is 0 Å². The number of ether oxygens (including phenoxy) is 2. The fourth-order valence-corrected chi connectivity index (χ4v) is 3.20. The summed E-state index contributed by atoms with van der Waals surface area (Å²) in [5.41, 5.74) is 0.961. The van der Waals surface area contributed by atoms with Crippen molar-refractivity contribution in [1.82, 2.24) is 0 Å². The second-order valence-corrected chi connectivity index (χ2v) is 7.59. The molecule has 11 nitrogen and oxygen atoms in total. The van der Waals surface area contributed by atoms with E-state index in [2.05, 4.69) is 5.32 Å². The molecule has 5 atom stereocenters. The van der Waals surface area contributed by atoms with Crippen LogP contribution in [-0.2, 0) is 14.3 Å². The van der Waals surface area contributed by atoms with Crippen LogP contribution >= 0.6 is 0 Å². The van der Waals surface area contributed by atoms with Gasteiger partial charge < -0.3 is 40.3 Å².